The first-order valence-corrected chi connectivity index (χ1v) is 8.38. The number of thioether (sulfide) groups is 1. The van der Waals surface area contributed by atoms with E-state index in [1.807, 2.05) is 18.3 Å². The van der Waals surface area contributed by atoms with Crippen molar-refractivity contribution in [2.45, 2.75) is 19.3 Å². The van der Waals surface area contributed by atoms with Crippen molar-refractivity contribution >= 4 is 23.6 Å². The topological polar surface area (TPSA) is 54.9 Å². The van der Waals surface area contributed by atoms with E-state index in [9.17, 15) is 4.79 Å². The first-order chi connectivity index (χ1) is 10.8. The Labute approximate surface area is 133 Å². The summed E-state index contributed by atoms with van der Waals surface area (Å²) in [5.41, 5.74) is 4.54. The highest BCUT2D eigenvalue weighted by Crippen LogP contribution is 2.32. The number of rotatable bonds is 2. The van der Waals surface area contributed by atoms with Gasteiger partial charge in [-0.3, -0.25) is 10.1 Å². The number of allylic oxidation sites excluding steroid dienone is 1. The summed E-state index contributed by atoms with van der Waals surface area (Å²) in [6.45, 7) is 0. The number of nitrogens with zero attached hydrogens (tertiary/aromatic N) is 2. The number of anilines is 1. The molecule has 22 heavy (non-hydrogen) atoms. The van der Waals surface area contributed by atoms with E-state index in [0.717, 1.165) is 46.7 Å². The lowest BCUT2D eigenvalue weighted by Crippen LogP contribution is -2.16. The number of fused-ring (bicyclic) bond motifs is 3. The second-order valence-corrected chi connectivity index (χ2v) is 6.52. The van der Waals surface area contributed by atoms with E-state index in [1.165, 1.54) is 5.56 Å². The minimum absolute atomic E-state index is 0.105. The Kier molecular flexibility index (Phi) is 3.42. The third kappa shape index (κ3) is 2.41. The van der Waals surface area contributed by atoms with Crippen LogP contribution in [0.3, 0.4) is 0 Å². The van der Waals surface area contributed by atoms with Gasteiger partial charge in [0.25, 0.3) is 5.91 Å². The van der Waals surface area contributed by atoms with Crippen LogP contribution in [0.25, 0.3) is 11.3 Å². The van der Waals surface area contributed by atoms with Crippen LogP contribution in [-0.4, -0.2) is 21.6 Å². The fourth-order valence-corrected chi connectivity index (χ4v) is 3.73. The summed E-state index contributed by atoms with van der Waals surface area (Å²) in [5, 5.41) is 2.81. The molecule has 4 rings (SSSR count). The molecule has 1 aliphatic carbocycles. The van der Waals surface area contributed by atoms with Crippen LogP contribution in [0.5, 0.6) is 0 Å². The van der Waals surface area contributed by atoms with Crippen LogP contribution in [-0.2, 0) is 17.6 Å². The van der Waals surface area contributed by atoms with E-state index >= 15 is 0 Å². The average molecular weight is 309 g/mol. The standard InChI is InChI=1S/C17H15N3OS/c21-16(14-6-3-9-22-14)20-17-18-10-12-8-7-11-4-1-2-5-13(11)15(12)19-17/h1-2,4-6,10H,3,7-9H2,(H,18,19,20,21). The maximum atomic E-state index is 12.1. The summed E-state index contributed by atoms with van der Waals surface area (Å²) in [6.07, 6.45) is 6.72. The largest absolute Gasteiger partial charge is 0.290 e. The Bertz CT molecular complexity index is 785. The molecule has 2 aromatic rings. The van der Waals surface area contributed by atoms with Crippen molar-refractivity contribution in [1.82, 2.24) is 9.97 Å². The van der Waals surface area contributed by atoms with Gasteiger partial charge < -0.3 is 0 Å². The van der Waals surface area contributed by atoms with Crippen molar-refractivity contribution in [3.05, 3.63) is 52.6 Å². The quantitative estimate of drug-likeness (QED) is 0.925. The number of carbonyl (C=O) groups excluding carboxylic acids is 1. The predicted octanol–water partition coefficient (Wildman–Crippen LogP) is 3.20. The van der Waals surface area contributed by atoms with Gasteiger partial charge in [-0.05, 0) is 30.4 Å². The zero-order valence-corrected chi connectivity index (χ0v) is 12.8. The van der Waals surface area contributed by atoms with Crippen LogP contribution >= 0.6 is 11.8 Å². The summed E-state index contributed by atoms with van der Waals surface area (Å²) in [7, 11) is 0. The molecule has 4 nitrogen and oxygen atoms in total. The second-order valence-electron chi connectivity index (χ2n) is 5.38. The second kappa shape index (κ2) is 5.57. The molecule has 2 aliphatic rings. The van der Waals surface area contributed by atoms with Crippen LogP contribution < -0.4 is 5.32 Å². The molecule has 1 aromatic carbocycles. The van der Waals surface area contributed by atoms with Gasteiger partial charge in [0.1, 0.15) is 0 Å². The molecule has 0 radical (unpaired) electrons. The van der Waals surface area contributed by atoms with E-state index in [-0.39, 0.29) is 5.91 Å². The molecule has 0 saturated carbocycles. The molecule has 1 N–H and O–H groups in total. The Morgan fingerprint density at radius 3 is 2.91 bits per heavy atom. The summed E-state index contributed by atoms with van der Waals surface area (Å²) in [6, 6.07) is 8.30. The van der Waals surface area contributed by atoms with Gasteiger partial charge in [0.2, 0.25) is 5.95 Å². The molecule has 1 amide bonds. The summed E-state index contributed by atoms with van der Waals surface area (Å²) < 4.78 is 0. The first-order valence-electron chi connectivity index (χ1n) is 7.40. The Morgan fingerprint density at radius 2 is 2.05 bits per heavy atom. The Balaban J connectivity index is 1.66. The van der Waals surface area contributed by atoms with E-state index in [0.29, 0.717) is 5.95 Å². The number of nitrogens with one attached hydrogen (secondary N) is 1. The highest BCUT2D eigenvalue weighted by Gasteiger charge is 2.20. The van der Waals surface area contributed by atoms with E-state index < -0.39 is 0 Å². The zero-order valence-electron chi connectivity index (χ0n) is 12.0. The molecule has 0 saturated heterocycles. The Morgan fingerprint density at radius 1 is 1.18 bits per heavy atom. The molecule has 1 aliphatic heterocycles. The maximum absolute atomic E-state index is 12.1. The highest BCUT2D eigenvalue weighted by molar-refractivity contribution is 8.04. The van der Waals surface area contributed by atoms with E-state index in [1.54, 1.807) is 11.8 Å². The van der Waals surface area contributed by atoms with Gasteiger partial charge in [-0.15, -0.1) is 11.8 Å². The lowest BCUT2D eigenvalue weighted by molar-refractivity contribution is -0.112. The number of aromatic nitrogens is 2. The third-order valence-electron chi connectivity index (χ3n) is 3.95. The van der Waals surface area contributed by atoms with Crippen LogP contribution in [0.4, 0.5) is 5.95 Å². The Hall–Kier alpha value is -2.14. The third-order valence-corrected chi connectivity index (χ3v) is 5.06. The highest BCUT2D eigenvalue weighted by atomic mass is 32.2. The minimum atomic E-state index is -0.105. The van der Waals surface area contributed by atoms with Gasteiger partial charge in [-0.2, -0.15) is 0 Å². The summed E-state index contributed by atoms with van der Waals surface area (Å²) in [4.78, 5) is 21.8. The molecule has 0 atom stereocenters. The van der Waals surface area contributed by atoms with Gasteiger partial charge in [0.05, 0.1) is 10.6 Å². The smallest absolute Gasteiger partial charge is 0.264 e. The normalized spacial score (nSPS) is 15.7. The van der Waals surface area contributed by atoms with E-state index in [4.69, 9.17) is 0 Å². The van der Waals surface area contributed by atoms with Gasteiger partial charge >= 0.3 is 0 Å². The molecular formula is C17H15N3OS. The van der Waals surface area contributed by atoms with Crippen LogP contribution in [0.15, 0.2) is 41.4 Å². The molecule has 0 bridgehead atoms. The van der Waals surface area contributed by atoms with Crippen molar-refractivity contribution < 1.29 is 4.79 Å². The number of hydrogen-bond acceptors (Lipinski definition) is 4. The molecule has 110 valence electrons. The molecular weight excluding hydrogens is 294 g/mol. The minimum Gasteiger partial charge on any atom is -0.290 e. The number of benzene rings is 1. The fourth-order valence-electron chi connectivity index (χ4n) is 2.86. The maximum Gasteiger partial charge on any atom is 0.264 e. The fraction of sp³-hybridized carbons (Fsp3) is 0.235. The number of amides is 1. The summed E-state index contributed by atoms with van der Waals surface area (Å²) in [5.74, 6) is 1.25. The predicted molar refractivity (Wildman–Crippen MR) is 88.7 cm³/mol. The molecule has 0 spiro atoms. The van der Waals surface area contributed by atoms with Crippen molar-refractivity contribution in [3.63, 3.8) is 0 Å². The van der Waals surface area contributed by atoms with Crippen LogP contribution in [0, 0.1) is 0 Å². The SMILES string of the molecule is O=C(Nc1ncc2c(n1)-c1ccccc1CC2)C1=CCCS1. The molecule has 5 heteroatoms. The van der Waals surface area contributed by atoms with Gasteiger partial charge in [-0.25, -0.2) is 9.97 Å². The molecule has 1 aromatic heterocycles. The van der Waals surface area contributed by atoms with Crippen molar-refractivity contribution in [2.24, 2.45) is 0 Å². The van der Waals surface area contributed by atoms with Gasteiger partial charge in [0, 0.05) is 17.5 Å². The number of carbonyl (C=O) groups is 1. The monoisotopic (exact) mass is 309 g/mol. The van der Waals surface area contributed by atoms with Gasteiger partial charge in [0.15, 0.2) is 0 Å². The lowest BCUT2D eigenvalue weighted by Gasteiger charge is -2.18. The van der Waals surface area contributed by atoms with Gasteiger partial charge in [-0.1, -0.05) is 30.3 Å². The number of hydrogen-bond donors (Lipinski definition) is 1. The lowest BCUT2D eigenvalue weighted by atomic mass is 9.90. The molecule has 0 fully saturated rings. The molecule has 0 unspecified atom stereocenters. The molecule has 2 heterocycles. The van der Waals surface area contributed by atoms with Crippen molar-refractivity contribution in [3.8, 4) is 11.3 Å². The van der Waals surface area contributed by atoms with Crippen molar-refractivity contribution in [2.75, 3.05) is 11.1 Å². The summed E-state index contributed by atoms with van der Waals surface area (Å²) >= 11 is 1.58. The van der Waals surface area contributed by atoms with Crippen LogP contribution in [0.2, 0.25) is 0 Å². The van der Waals surface area contributed by atoms with Crippen molar-refractivity contribution in [1.29, 1.82) is 0 Å². The number of aryl methyl sites for hydroxylation is 2. The van der Waals surface area contributed by atoms with E-state index in [2.05, 4.69) is 33.5 Å². The van der Waals surface area contributed by atoms with Crippen LogP contribution in [0.1, 0.15) is 17.5 Å². The average Bonchev–Trinajstić information content (AvgIpc) is 3.09. The zero-order chi connectivity index (χ0) is 14.9. The first kappa shape index (κ1) is 13.5.